The monoisotopic (exact) mass is 303 g/mol. The van der Waals surface area contributed by atoms with Gasteiger partial charge in [0.2, 0.25) is 11.8 Å². The van der Waals surface area contributed by atoms with Gasteiger partial charge < -0.3 is 4.42 Å². The van der Waals surface area contributed by atoms with Gasteiger partial charge >= 0.3 is 6.01 Å². The molecule has 3 rings (SSSR count). The highest BCUT2D eigenvalue weighted by atomic mass is 19.1. The Kier molecular flexibility index (Phi) is 4.46. The standard InChI is InChI=1S/C16H18FN3O2/c17-13-8-6-11(7-9-13)10-14(21)18-16-20-19-15(22-16)12-4-2-1-3-5-12/h6-9,12H,1-5,10H2,(H,18,20,21). The van der Waals surface area contributed by atoms with Gasteiger partial charge in [0.15, 0.2) is 0 Å². The molecule has 22 heavy (non-hydrogen) atoms. The van der Waals surface area contributed by atoms with Crippen LogP contribution in [0.3, 0.4) is 0 Å². The van der Waals surface area contributed by atoms with Crippen molar-refractivity contribution in [3.05, 3.63) is 41.5 Å². The highest BCUT2D eigenvalue weighted by Gasteiger charge is 2.21. The van der Waals surface area contributed by atoms with Crippen LogP contribution in [0.15, 0.2) is 28.7 Å². The second-order valence-corrected chi connectivity index (χ2v) is 5.63. The van der Waals surface area contributed by atoms with Gasteiger partial charge in [-0.3, -0.25) is 10.1 Å². The van der Waals surface area contributed by atoms with E-state index >= 15 is 0 Å². The number of nitrogens with one attached hydrogen (secondary N) is 1. The first kappa shape index (κ1) is 14.7. The molecule has 1 amide bonds. The Morgan fingerprint density at radius 2 is 1.91 bits per heavy atom. The summed E-state index contributed by atoms with van der Waals surface area (Å²) in [4.78, 5) is 11.9. The third kappa shape index (κ3) is 3.69. The van der Waals surface area contributed by atoms with Crippen molar-refractivity contribution in [2.24, 2.45) is 0 Å². The maximum atomic E-state index is 12.8. The average Bonchev–Trinajstić information content (AvgIpc) is 2.99. The summed E-state index contributed by atoms with van der Waals surface area (Å²) in [6.07, 6.45) is 5.88. The molecule has 5 nitrogen and oxygen atoms in total. The van der Waals surface area contributed by atoms with E-state index in [1.54, 1.807) is 12.1 Å². The van der Waals surface area contributed by atoms with Gasteiger partial charge in [0.25, 0.3) is 0 Å². The molecule has 116 valence electrons. The van der Waals surface area contributed by atoms with Crippen LogP contribution in [0.2, 0.25) is 0 Å². The third-order valence-corrected chi connectivity index (χ3v) is 3.92. The van der Waals surface area contributed by atoms with E-state index in [1.165, 1.54) is 31.4 Å². The van der Waals surface area contributed by atoms with Crippen LogP contribution in [0.5, 0.6) is 0 Å². The minimum Gasteiger partial charge on any atom is -0.408 e. The number of amides is 1. The van der Waals surface area contributed by atoms with Crippen LogP contribution in [0.1, 0.15) is 49.5 Å². The lowest BCUT2D eigenvalue weighted by Crippen LogP contribution is -2.14. The van der Waals surface area contributed by atoms with Crippen LogP contribution in [0.25, 0.3) is 0 Å². The summed E-state index contributed by atoms with van der Waals surface area (Å²) in [5, 5.41) is 10.5. The van der Waals surface area contributed by atoms with E-state index in [1.807, 2.05) is 0 Å². The summed E-state index contributed by atoms with van der Waals surface area (Å²) in [7, 11) is 0. The van der Waals surface area contributed by atoms with Crippen LogP contribution < -0.4 is 5.32 Å². The van der Waals surface area contributed by atoms with E-state index in [4.69, 9.17) is 4.42 Å². The molecule has 1 aliphatic carbocycles. The second-order valence-electron chi connectivity index (χ2n) is 5.63. The van der Waals surface area contributed by atoms with Crippen molar-refractivity contribution < 1.29 is 13.6 Å². The van der Waals surface area contributed by atoms with Gasteiger partial charge in [-0.15, -0.1) is 5.10 Å². The lowest BCUT2D eigenvalue weighted by molar-refractivity contribution is -0.115. The van der Waals surface area contributed by atoms with Gasteiger partial charge in [-0.25, -0.2) is 4.39 Å². The number of rotatable bonds is 4. The van der Waals surface area contributed by atoms with E-state index in [0.717, 1.165) is 18.4 Å². The molecule has 0 unspecified atom stereocenters. The number of hydrogen-bond donors (Lipinski definition) is 1. The topological polar surface area (TPSA) is 68.0 Å². The minimum atomic E-state index is -0.321. The smallest absolute Gasteiger partial charge is 0.322 e. The molecule has 0 spiro atoms. The Morgan fingerprint density at radius 3 is 2.64 bits per heavy atom. The van der Waals surface area contributed by atoms with E-state index in [-0.39, 0.29) is 24.2 Å². The Labute approximate surface area is 127 Å². The first-order chi connectivity index (χ1) is 10.7. The molecule has 0 atom stereocenters. The fraction of sp³-hybridized carbons (Fsp3) is 0.438. The van der Waals surface area contributed by atoms with Gasteiger partial charge in [0.1, 0.15) is 5.82 Å². The molecular formula is C16H18FN3O2. The predicted octanol–water partition coefficient (Wildman–Crippen LogP) is 3.44. The third-order valence-electron chi connectivity index (χ3n) is 3.92. The number of nitrogens with zero attached hydrogens (tertiary/aromatic N) is 2. The van der Waals surface area contributed by atoms with Gasteiger partial charge in [0, 0.05) is 5.92 Å². The number of carbonyl (C=O) groups excluding carboxylic acids is 1. The molecule has 0 saturated heterocycles. The summed E-state index contributed by atoms with van der Waals surface area (Å²) >= 11 is 0. The molecule has 1 aromatic carbocycles. The van der Waals surface area contributed by atoms with E-state index < -0.39 is 0 Å². The molecule has 0 bridgehead atoms. The molecule has 1 aromatic heterocycles. The second kappa shape index (κ2) is 6.68. The van der Waals surface area contributed by atoms with Crippen LogP contribution >= 0.6 is 0 Å². The molecule has 1 aliphatic rings. The summed E-state index contributed by atoms with van der Waals surface area (Å²) in [6, 6.07) is 5.95. The van der Waals surface area contributed by atoms with Crippen LogP contribution in [0, 0.1) is 5.82 Å². The van der Waals surface area contributed by atoms with Gasteiger partial charge in [-0.1, -0.05) is 36.5 Å². The molecule has 0 radical (unpaired) electrons. The van der Waals surface area contributed by atoms with Gasteiger partial charge in [-0.05, 0) is 30.5 Å². The molecule has 1 heterocycles. The summed E-state index contributed by atoms with van der Waals surface area (Å²) in [5.41, 5.74) is 0.728. The SMILES string of the molecule is O=C(Cc1ccc(F)cc1)Nc1nnc(C2CCCCC2)o1. The number of halogens is 1. The lowest BCUT2D eigenvalue weighted by atomic mass is 9.89. The van der Waals surface area contributed by atoms with Crippen molar-refractivity contribution in [3.8, 4) is 0 Å². The largest absolute Gasteiger partial charge is 0.408 e. The van der Waals surface area contributed by atoms with Crippen molar-refractivity contribution in [1.29, 1.82) is 0 Å². The molecule has 0 aliphatic heterocycles. The molecule has 1 saturated carbocycles. The number of anilines is 1. The van der Waals surface area contributed by atoms with Crippen LogP contribution in [-0.4, -0.2) is 16.1 Å². The zero-order valence-corrected chi connectivity index (χ0v) is 12.2. The van der Waals surface area contributed by atoms with Crippen molar-refractivity contribution in [3.63, 3.8) is 0 Å². The molecule has 1 N–H and O–H groups in total. The van der Waals surface area contributed by atoms with Gasteiger partial charge in [0.05, 0.1) is 6.42 Å². The van der Waals surface area contributed by atoms with Gasteiger partial charge in [-0.2, -0.15) is 0 Å². The molecular weight excluding hydrogens is 285 g/mol. The maximum absolute atomic E-state index is 12.8. The zero-order valence-electron chi connectivity index (χ0n) is 12.2. The zero-order chi connectivity index (χ0) is 15.4. The molecule has 1 fully saturated rings. The van der Waals surface area contributed by atoms with Crippen LogP contribution in [0.4, 0.5) is 10.4 Å². The highest BCUT2D eigenvalue weighted by Crippen LogP contribution is 2.32. The van der Waals surface area contributed by atoms with Crippen molar-refractivity contribution >= 4 is 11.9 Å². The van der Waals surface area contributed by atoms with E-state index in [9.17, 15) is 9.18 Å². The van der Waals surface area contributed by atoms with Crippen molar-refractivity contribution in [2.45, 2.75) is 44.4 Å². The fourth-order valence-electron chi connectivity index (χ4n) is 2.75. The normalized spacial score (nSPS) is 15.7. The minimum absolute atomic E-state index is 0.132. The maximum Gasteiger partial charge on any atom is 0.322 e. The Bertz CT molecular complexity index is 633. The first-order valence-corrected chi connectivity index (χ1v) is 7.58. The Morgan fingerprint density at radius 1 is 1.18 bits per heavy atom. The first-order valence-electron chi connectivity index (χ1n) is 7.58. The lowest BCUT2D eigenvalue weighted by Gasteiger charge is -2.17. The number of hydrogen-bond acceptors (Lipinski definition) is 4. The van der Waals surface area contributed by atoms with E-state index in [0.29, 0.717) is 11.8 Å². The van der Waals surface area contributed by atoms with Crippen LogP contribution in [-0.2, 0) is 11.2 Å². The number of benzene rings is 1. The quantitative estimate of drug-likeness (QED) is 0.939. The van der Waals surface area contributed by atoms with E-state index in [2.05, 4.69) is 15.5 Å². The fourth-order valence-corrected chi connectivity index (χ4v) is 2.75. The highest BCUT2D eigenvalue weighted by molar-refractivity contribution is 5.90. The molecule has 2 aromatic rings. The predicted molar refractivity (Wildman–Crippen MR) is 78.9 cm³/mol. The van der Waals surface area contributed by atoms with Crippen molar-refractivity contribution in [1.82, 2.24) is 10.2 Å². The molecule has 6 heteroatoms. The Balaban J connectivity index is 1.57. The summed E-state index contributed by atoms with van der Waals surface area (Å²) in [6.45, 7) is 0. The summed E-state index contributed by atoms with van der Waals surface area (Å²) < 4.78 is 18.4. The number of carbonyl (C=O) groups is 1. The number of aromatic nitrogens is 2. The Hall–Kier alpha value is -2.24. The van der Waals surface area contributed by atoms with Crippen molar-refractivity contribution in [2.75, 3.05) is 5.32 Å². The average molecular weight is 303 g/mol. The summed E-state index contributed by atoms with van der Waals surface area (Å²) in [5.74, 6) is 0.337.